The third-order valence-corrected chi connectivity index (χ3v) is 2.08. The van der Waals surface area contributed by atoms with Crippen molar-refractivity contribution in [2.24, 2.45) is 0 Å². The fourth-order valence-corrected chi connectivity index (χ4v) is 1.15. The van der Waals surface area contributed by atoms with E-state index in [4.69, 9.17) is 0 Å². The van der Waals surface area contributed by atoms with Gasteiger partial charge in [0.25, 0.3) is 0 Å². The maximum atomic E-state index is 11.2. The van der Waals surface area contributed by atoms with Crippen LogP contribution in [0.25, 0.3) is 0 Å². The Kier molecular flexibility index (Phi) is 8.36. The lowest BCUT2D eigenvalue weighted by molar-refractivity contribution is -0.111. The van der Waals surface area contributed by atoms with Crippen molar-refractivity contribution in [3.05, 3.63) is 49.1 Å². The van der Waals surface area contributed by atoms with Crippen LogP contribution in [-0.4, -0.2) is 5.78 Å². The zero-order chi connectivity index (χ0) is 11.5. The fourth-order valence-electron chi connectivity index (χ4n) is 1.15. The van der Waals surface area contributed by atoms with Gasteiger partial charge in [0.05, 0.1) is 0 Å². The Labute approximate surface area is 92.9 Å². The summed E-state index contributed by atoms with van der Waals surface area (Å²) < 4.78 is 0. The van der Waals surface area contributed by atoms with E-state index in [-0.39, 0.29) is 5.78 Å². The summed E-state index contributed by atoms with van der Waals surface area (Å²) in [5.74, 6) is -0.0804. The fraction of sp³-hybridized carbons (Fsp3) is 0.357. The van der Waals surface area contributed by atoms with Crippen molar-refractivity contribution in [1.29, 1.82) is 0 Å². The second-order valence-corrected chi connectivity index (χ2v) is 3.32. The summed E-state index contributed by atoms with van der Waals surface area (Å²) >= 11 is 0. The van der Waals surface area contributed by atoms with E-state index in [2.05, 4.69) is 26.2 Å². The number of unbranched alkanes of at least 4 members (excludes halogenated alkanes) is 3. The van der Waals surface area contributed by atoms with Crippen LogP contribution in [0.5, 0.6) is 0 Å². The first kappa shape index (κ1) is 13.6. The number of allylic oxidation sites excluding steroid dienone is 6. The minimum absolute atomic E-state index is 0.0804. The second kappa shape index (κ2) is 9.20. The molecule has 0 amide bonds. The third-order valence-electron chi connectivity index (χ3n) is 2.08. The number of hydrogen-bond acceptors (Lipinski definition) is 1. The number of hydrogen-bond donors (Lipinski definition) is 0. The van der Waals surface area contributed by atoms with Crippen LogP contribution in [0.1, 0.15) is 32.6 Å². The average Bonchev–Trinajstić information content (AvgIpc) is 2.27. The monoisotopic (exact) mass is 204 g/mol. The molecular formula is C14H20O. The van der Waals surface area contributed by atoms with Gasteiger partial charge in [0.15, 0.2) is 5.78 Å². The summed E-state index contributed by atoms with van der Waals surface area (Å²) in [6.07, 6.45) is 13.4. The van der Waals surface area contributed by atoms with Gasteiger partial charge in [-0.1, -0.05) is 57.2 Å². The molecule has 0 aliphatic carbocycles. The highest BCUT2D eigenvalue weighted by atomic mass is 16.1. The molecule has 0 bridgehead atoms. The van der Waals surface area contributed by atoms with E-state index >= 15 is 0 Å². The summed E-state index contributed by atoms with van der Waals surface area (Å²) in [4.78, 5) is 11.2. The largest absolute Gasteiger partial charge is 0.289 e. The number of carbonyl (C=O) groups excluding carboxylic acids is 1. The summed E-state index contributed by atoms with van der Waals surface area (Å²) in [6.45, 7) is 9.21. The zero-order valence-electron chi connectivity index (χ0n) is 9.54. The van der Waals surface area contributed by atoms with Crippen molar-refractivity contribution in [3.8, 4) is 0 Å². The van der Waals surface area contributed by atoms with E-state index in [0.717, 1.165) is 6.42 Å². The molecule has 0 aliphatic heterocycles. The molecular weight excluding hydrogens is 184 g/mol. The molecule has 0 aromatic rings. The van der Waals surface area contributed by atoms with Crippen LogP contribution < -0.4 is 0 Å². The molecule has 0 aliphatic rings. The molecule has 15 heavy (non-hydrogen) atoms. The standard InChI is InChI=1S/C14H20O/c1-4-7-8-9-10-11-12-13(5-2)14(15)6-3/h5-6,10-12H,2-4,7-9H2,1H3/b11-10-,13-12+. The van der Waals surface area contributed by atoms with Crippen molar-refractivity contribution in [3.63, 3.8) is 0 Å². The van der Waals surface area contributed by atoms with Crippen LogP contribution >= 0.6 is 0 Å². The van der Waals surface area contributed by atoms with Gasteiger partial charge in [-0.2, -0.15) is 0 Å². The number of ketones is 1. The summed E-state index contributed by atoms with van der Waals surface area (Å²) in [6, 6.07) is 0. The Bertz CT molecular complexity index is 269. The first-order chi connectivity index (χ1) is 7.26. The molecule has 0 unspecified atom stereocenters. The van der Waals surface area contributed by atoms with Crippen molar-refractivity contribution in [2.45, 2.75) is 32.6 Å². The lowest BCUT2D eigenvalue weighted by Gasteiger charge is -1.93. The van der Waals surface area contributed by atoms with Gasteiger partial charge in [-0.3, -0.25) is 4.79 Å². The zero-order valence-corrected chi connectivity index (χ0v) is 9.54. The first-order valence-electron chi connectivity index (χ1n) is 5.42. The molecule has 0 radical (unpaired) electrons. The lowest BCUT2D eigenvalue weighted by atomic mass is 10.1. The molecule has 0 atom stereocenters. The SMILES string of the molecule is C=CC(=O)/C(C=C)=C/C=C\CCCCC. The molecule has 0 rings (SSSR count). The topological polar surface area (TPSA) is 17.1 Å². The van der Waals surface area contributed by atoms with Crippen molar-refractivity contribution >= 4 is 5.78 Å². The Morgan fingerprint density at radius 3 is 2.47 bits per heavy atom. The maximum Gasteiger partial charge on any atom is 0.185 e. The lowest BCUT2D eigenvalue weighted by Crippen LogP contribution is -1.93. The Morgan fingerprint density at radius 1 is 1.20 bits per heavy atom. The summed E-state index contributed by atoms with van der Waals surface area (Å²) in [5.41, 5.74) is 0.594. The highest BCUT2D eigenvalue weighted by Crippen LogP contribution is 2.02. The minimum atomic E-state index is -0.0804. The van der Waals surface area contributed by atoms with E-state index in [0.29, 0.717) is 5.57 Å². The molecule has 0 aromatic carbocycles. The first-order valence-corrected chi connectivity index (χ1v) is 5.42. The average molecular weight is 204 g/mol. The predicted molar refractivity (Wildman–Crippen MR) is 66.8 cm³/mol. The van der Waals surface area contributed by atoms with Crippen molar-refractivity contribution in [1.82, 2.24) is 0 Å². The maximum absolute atomic E-state index is 11.2. The molecule has 0 N–H and O–H groups in total. The molecule has 0 heterocycles. The van der Waals surface area contributed by atoms with Crippen LogP contribution in [0.3, 0.4) is 0 Å². The smallest absolute Gasteiger partial charge is 0.185 e. The van der Waals surface area contributed by atoms with Gasteiger partial charge in [0.2, 0.25) is 0 Å². The molecule has 82 valence electrons. The van der Waals surface area contributed by atoms with Crippen molar-refractivity contribution < 1.29 is 4.79 Å². The van der Waals surface area contributed by atoms with E-state index < -0.39 is 0 Å². The van der Waals surface area contributed by atoms with E-state index in [1.165, 1.54) is 25.3 Å². The van der Waals surface area contributed by atoms with Gasteiger partial charge in [-0.15, -0.1) is 0 Å². The molecule has 0 spiro atoms. The molecule has 0 saturated carbocycles. The van der Waals surface area contributed by atoms with Crippen LogP contribution in [0, 0.1) is 0 Å². The van der Waals surface area contributed by atoms with E-state index in [1.807, 2.05) is 6.08 Å². The Hall–Kier alpha value is -1.37. The molecule has 0 fully saturated rings. The Balaban J connectivity index is 4.05. The number of carbonyl (C=O) groups is 1. The van der Waals surface area contributed by atoms with Gasteiger partial charge >= 0.3 is 0 Å². The van der Waals surface area contributed by atoms with Crippen LogP contribution in [0.15, 0.2) is 49.1 Å². The molecule has 0 aromatic heterocycles. The minimum Gasteiger partial charge on any atom is -0.289 e. The van der Waals surface area contributed by atoms with Crippen molar-refractivity contribution in [2.75, 3.05) is 0 Å². The van der Waals surface area contributed by atoms with Crippen LogP contribution in [0.2, 0.25) is 0 Å². The van der Waals surface area contributed by atoms with Gasteiger partial charge in [-0.05, 0) is 18.9 Å². The predicted octanol–water partition coefficient (Wildman–Crippen LogP) is 3.99. The highest BCUT2D eigenvalue weighted by Gasteiger charge is 1.97. The second-order valence-electron chi connectivity index (χ2n) is 3.32. The van der Waals surface area contributed by atoms with E-state index in [1.54, 1.807) is 12.2 Å². The van der Waals surface area contributed by atoms with E-state index in [9.17, 15) is 4.79 Å². The molecule has 1 nitrogen and oxygen atoms in total. The molecule has 0 saturated heterocycles. The number of rotatable bonds is 8. The summed E-state index contributed by atoms with van der Waals surface area (Å²) in [7, 11) is 0. The summed E-state index contributed by atoms with van der Waals surface area (Å²) in [5, 5.41) is 0. The van der Waals surface area contributed by atoms with Gasteiger partial charge in [0.1, 0.15) is 0 Å². The molecule has 1 heteroatoms. The van der Waals surface area contributed by atoms with Gasteiger partial charge in [-0.25, -0.2) is 0 Å². The highest BCUT2D eigenvalue weighted by molar-refractivity contribution is 6.05. The third kappa shape index (κ3) is 6.67. The van der Waals surface area contributed by atoms with Crippen LogP contribution in [-0.2, 0) is 4.79 Å². The van der Waals surface area contributed by atoms with Gasteiger partial charge in [0, 0.05) is 5.57 Å². The van der Waals surface area contributed by atoms with Gasteiger partial charge < -0.3 is 0 Å². The quantitative estimate of drug-likeness (QED) is 0.332. The Morgan fingerprint density at radius 2 is 1.93 bits per heavy atom. The van der Waals surface area contributed by atoms with Crippen LogP contribution in [0.4, 0.5) is 0 Å². The normalized spacial score (nSPS) is 11.7.